The van der Waals surface area contributed by atoms with Gasteiger partial charge in [0.05, 0.1) is 0 Å². The topological polar surface area (TPSA) is 52.7 Å². The first-order valence-corrected chi connectivity index (χ1v) is 8.59. The van der Waals surface area contributed by atoms with Crippen molar-refractivity contribution < 1.29 is 9.59 Å². The van der Waals surface area contributed by atoms with Crippen molar-refractivity contribution in [2.24, 2.45) is 5.92 Å². The van der Waals surface area contributed by atoms with E-state index in [4.69, 9.17) is 0 Å². The Morgan fingerprint density at radius 1 is 1.25 bits per heavy atom. The molecule has 3 rings (SSSR count). The van der Waals surface area contributed by atoms with E-state index in [2.05, 4.69) is 17.5 Å². The summed E-state index contributed by atoms with van der Waals surface area (Å²) in [6.45, 7) is 0.740. The van der Waals surface area contributed by atoms with E-state index in [1.54, 1.807) is 0 Å². The molecule has 2 aliphatic rings. The van der Waals surface area contributed by atoms with E-state index >= 15 is 0 Å². The summed E-state index contributed by atoms with van der Waals surface area (Å²) in [5.74, 6) is 0.321. The number of carbonyl (C=O) groups is 2. The molecule has 1 fully saturated rings. The molecular weight excluding hydrogens is 302 g/mol. The Balaban J connectivity index is 1.72. The zero-order valence-corrected chi connectivity index (χ0v) is 14.4. The van der Waals surface area contributed by atoms with Gasteiger partial charge in [-0.25, -0.2) is 0 Å². The average molecular weight is 327 g/mol. The molecule has 0 saturated carbocycles. The Hall–Kier alpha value is -2.30. The van der Waals surface area contributed by atoms with Crippen LogP contribution in [0.1, 0.15) is 36.0 Å². The maximum absolute atomic E-state index is 12.6. The second-order valence-electron chi connectivity index (χ2n) is 6.74. The minimum absolute atomic E-state index is 0.112. The van der Waals surface area contributed by atoms with Crippen LogP contribution < -0.4 is 10.2 Å². The van der Waals surface area contributed by atoms with E-state index in [9.17, 15) is 9.59 Å². The predicted octanol–water partition coefficient (Wildman–Crippen LogP) is 2.40. The van der Waals surface area contributed by atoms with E-state index in [-0.39, 0.29) is 18.0 Å². The first-order valence-electron chi connectivity index (χ1n) is 8.59. The molecule has 0 aromatic heterocycles. The van der Waals surface area contributed by atoms with Crippen molar-refractivity contribution in [2.75, 3.05) is 25.5 Å². The van der Waals surface area contributed by atoms with Gasteiger partial charge in [-0.05, 0) is 43.5 Å². The quantitative estimate of drug-likeness (QED) is 0.667. The van der Waals surface area contributed by atoms with Crippen LogP contribution in [0.25, 0.3) is 0 Å². The smallest absolute Gasteiger partial charge is 0.252 e. The Labute approximate surface area is 143 Å². The molecule has 0 bridgehead atoms. The number of β-lactam (4-membered cyclic amide) rings is 1. The number of nitrogens with one attached hydrogen (secondary N) is 1. The zero-order chi connectivity index (χ0) is 17.1. The van der Waals surface area contributed by atoms with Crippen LogP contribution in [-0.2, 0) is 4.79 Å². The van der Waals surface area contributed by atoms with Crippen molar-refractivity contribution >= 4 is 17.5 Å². The number of anilines is 1. The first kappa shape index (κ1) is 16.6. The molecule has 5 heteroatoms. The third-order valence-electron chi connectivity index (χ3n) is 4.90. The first-order chi connectivity index (χ1) is 11.6. The third-order valence-corrected chi connectivity index (χ3v) is 4.90. The van der Waals surface area contributed by atoms with Gasteiger partial charge < -0.3 is 15.1 Å². The number of rotatable bonds is 5. The summed E-state index contributed by atoms with van der Waals surface area (Å²) in [6.07, 6.45) is 7.65. The van der Waals surface area contributed by atoms with Crippen LogP contribution in [0.2, 0.25) is 0 Å². The second kappa shape index (κ2) is 7.07. The summed E-state index contributed by atoms with van der Waals surface area (Å²) in [6, 6.07) is 7.53. The molecule has 1 aliphatic heterocycles. The van der Waals surface area contributed by atoms with Crippen LogP contribution in [0.5, 0.6) is 0 Å². The molecule has 128 valence electrons. The van der Waals surface area contributed by atoms with Crippen LogP contribution in [0.3, 0.4) is 0 Å². The Kier molecular flexibility index (Phi) is 4.88. The molecule has 1 saturated heterocycles. The summed E-state index contributed by atoms with van der Waals surface area (Å²) in [7, 11) is 3.94. The minimum atomic E-state index is -0.197. The SMILES string of the molecule is CN(C)c1ccc(C(=O)N[C@H]([C@@H]2CC=CCC2)N2CCC2=O)cc1. The molecule has 0 spiro atoms. The number of benzene rings is 1. The Morgan fingerprint density at radius 3 is 2.50 bits per heavy atom. The molecule has 1 N–H and O–H groups in total. The molecule has 0 radical (unpaired) electrons. The van der Waals surface area contributed by atoms with E-state index < -0.39 is 0 Å². The van der Waals surface area contributed by atoms with Gasteiger partial charge in [0, 0.05) is 44.2 Å². The van der Waals surface area contributed by atoms with Gasteiger partial charge in [0.1, 0.15) is 6.17 Å². The number of hydrogen-bond donors (Lipinski definition) is 1. The molecule has 1 aromatic rings. The minimum Gasteiger partial charge on any atom is -0.378 e. The standard InChI is InChI=1S/C19H25N3O2/c1-21(2)16-10-8-15(9-11-16)19(24)20-18(22-13-12-17(22)23)14-6-4-3-5-7-14/h3-4,8-11,14,18H,5-7,12-13H2,1-2H3,(H,20,24)/t14-,18+/m1/s1. The van der Waals surface area contributed by atoms with E-state index in [1.165, 1.54) is 0 Å². The Morgan fingerprint density at radius 2 is 2.00 bits per heavy atom. The average Bonchev–Trinajstić information content (AvgIpc) is 2.60. The van der Waals surface area contributed by atoms with Crippen LogP contribution in [0.4, 0.5) is 5.69 Å². The summed E-state index contributed by atoms with van der Waals surface area (Å²) in [4.78, 5) is 28.4. The fourth-order valence-electron chi connectivity index (χ4n) is 3.31. The molecule has 2 amide bonds. The maximum Gasteiger partial charge on any atom is 0.252 e. The lowest BCUT2D eigenvalue weighted by molar-refractivity contribution is -0.145. The van der Waals surface area contributed by atoms with Gasteiger partial charge in [-0.3, -0.25) is 9.59 Å². The maximum atomic E-state index is 12.6. The van der Waals surface area contributed by atoms with Gasteiger partial charge in [-0.2, -0.15) is 0 Å². The second-order valence-corrected chi connectivity index (χ2v) is 6.74. The van der Waals surface area contributed by atoms with Gasteiger partial charge in [0.15, 0.2) is 0 Å². The fourth-order valence-corrected chi connectivity index (χ4v) is 3.31. The van der Waals surface area contributed by atoms with Gasteiger partial charge in [-0.1, -0.05) is 12.2 Å². The van der Waals surface area contributed by atoms with Crippen molar-refractivity contribution in [1.82, 2.24) is 10.2 Å². The molecule has 24 heavy (non-hydrogen) atoms. The van der Waals surface area contributed by atoms with Crippen LogP contribution in [0, 0.1) is 5.92 Å². The third kappa shape index (κ3) is 3.45. The summed E-state index contributed by atoms with van der Waals surface area (Å²) < 4.78 is 0. The van der Waals surface area contributed by atoms with Gasteiger partial charge in [0.2, 0.25) is 5.91 Å². The largest absolute Gasteiger partial charge is 0.378 e. The van der Waals surface area contributed by atoms with E-state index in [0.29, 0.717) is 17.9 Å². The van der Waals surface area contributed by atoms with Crippen molar-refractivity contribution in [2.45, 2.75) is 31.8 Å². The number of likely N-dealkylation sites (tertiary alicyclic amines) is 1. The highest BCUT2D eigenvalue weighted by Crippen LogP contribution is 2.27. The highest BCUT2D eigenvalue weighted by atomic mass is 16.2. The lowest BCUT2D eigenvalue weighted by Crippen LogP contribution is -2.60. The van der Waals surface area contributed by atoms with Crippen molar-refractivity contribution in [3.8, 4) is 0 Å². The summed E-state index contributed by atoms with van der Waals surface area (Å²) >= 11 is 0. The molecule has 1 aliphatic carbocycles. The van der Waals surface area contributed by atoms with Crippen molar-refractivity contribution in [1.29, 1.82) is 0 Å². The number of amides is 2. The highest BCUT2D eigenvalue weighted by molar-refractivity contribution is 5.95. The highest BCUT2D eigenvalue weighted by Gasteiger charge is 2.36. The van der Waals surface area contributed by atoms with E-state index in [0.717, 1.165) is 31.5 Å². The lowest BCUT2D eigenvalue weighted by atomic mass is 9.89. The Bertz CT molecular complexity index is 637. The van der Waals surface area contributed by atoms with Crippen LogP contribution >= 0.6 is 0 Å². The zero-order valence-electron chi connectivity index (χ0n) is 14.4. The van der Waals surface area contributed by atoms with E-state index in [1.807, 2.05) is 48.2 Å². The monoisotopic (exact) mass is 327 g/mol. The number of allylic oxidation sites excluding steroid dienone is 2. The summed E-state index contributed by atoms with van der Waals surface area (Å²) in [5, 5.41) is 3.10. The number of nitrogens with zero attached hydrogens (tertiary/aromatic N) is 2. The van der Waals surface area contributed by atoms with Gasteiger partial charge in [-0.15, -0.1) is 0 Å². The fraction of sp³-hybridized carbons (Fsp3) is 0.474. The molecular formula is C19H25N3O2. The molecule has 0 unspecified atom stereocenters. The molecule has 1 heterocycles. The predicted molar refractivity (Wildman–Crippen MR) is 94.8 cm³/mol. The summed E-state index contributed by atoms with van der Waals surface area (Å²) in [5.41, 5.74) is 1.68. The van der Waals surface area contributed by atoms with Crippen LogP contribution in [-0.4, -0.2) is 43.5 Å². The molecule has 2 atom stereocenters. The van der Waals surface area contributed by atoms with Crippen LogP contribution in [0.15, 0.2) is 36.4 Å². The normalized spacial score (nSPS) is 21.2. The molecule has 1 aromatic carbocycles. The number of carbonyl (C=O) groups excluding carboxylic acids is 2. The molecule has 5 nitrogen and oxygen atoms in total. The number of hydrogen-bond acceptors (Lipinski definition) is 3. The van der Waals surface area contributed by atoms with Gasteiger partial charge >= 0.3 is 0 Å². The lowest BCUT2D eigenvalue weighted by Gasteiger charge is -2.42. The van der Waals surface area contributed by atoms with Gasteiger partial charge in [0.25, 0.3) is 5.91 Å². The van der Waals surface area contributed by atoms with Crippen molar-refractivity contribution in [3.63, 3.8) is 0 Å². The van der Waals surface area contributed by atoms with Crippen molar-refractivity contribution in [3.05, 3.63) is 42.0 Å².